The molecule has 3 aromatic heterocycles. The Labute approximate surface area is 126 Å². The predicted octanol–water partition coefficient (Wildman–Crippen LogP) is 4.59. The molecule has 3 heterocycles. The van der Waals surface area contributed by atoms with Crippen molar-refractivity contribution in [3.63, 3.8) is 0 Å². The first-order chi connectivity index (χ1) is 9.99. The highest BCUT2D eigenvalue weighted by molar-refractivity contribution is 7.99. The van der Waals surface area contributed by atoms with Crippen molar-refractivity contribution >= 4 is 28.1 Å². The second-order valence-electron chi connectivity index (χ2n) is 4.19. The standard InChI is InChI=1S/C13H10F3N3S2/c1-2-20-9-4-3-5-17-11(9)8-6-19-7-10(13(14,15)16)21-12(19)18-8/h3-7H,2H2,1H3. The summed E-state index contributed by atoms with van der Waals surface area (Å²) in [5.74, 6) is 0.888. The van der Waals surface area contributed by atoms with Gasteiger partial charge in [-0.1, -0.05) is 18.3 Å². The van der Waals surface area contributed by atoms with Crippen molar-refractivity contribution in [3.8, 4) is 11.4 Å². The first kappa shape index (κ1) is 14.4. The van der Waals surface area contributed by atoms with Gasteiger partial charge in [0.15, 0.2) is 4.96 Å². The zero-order chi connectivity index (χ0) is 15.0. The van der Waals surface area contributed by atoms with E-state index < -0.39 is 11.1 Å². The third-order valence-corrected chi connectivity index (χ3v) is 4.72. The summed E-state index contributed by atoms with van der Waals surface area (Å²) in [7, 11) is 0. The molecule has 0 aliphatic heterocycles. The number of halogens is 3. The monoisotopic (exact) mass is 329 g/mol. The molecule has 0 atom stereocenters. The number of hydrogen-bond acceptors (Lipinski definition) is 4. The Morgan fingerprint density at radius 1 is 1.33 bits per heavy atom. The fraction of sp³-hybridized carbons (Fsp3) is 0.231. The Hall–Kier alpha value is -1.54. The number of alkyl halides is 3. The number of imidazole rings is 1. The largest absolute Gasteiger partial charge is 0.427 e. The van der Waals surface area contributed by atoms with Crippen LogP contribution in [0.1, 0.15) is 11.8 Å². The number of fused-ring (bicyclic) bond motifs is 1. The maximum absolute atomic E-state index is 12.6. The molecule has 0 N–H and O–H groups in total. The SMILES string of the molecule is CCSc1cccnc1-c1cn2cc(C(F)(F)F)sc2n1. The van der Waals surface area contributed by atoms with E-state index in [0.717, 1.165) is 16.8 Å². The minimum atomic E-state index is -4.33. The van der Waals surface area contributed by atoms with Crippen LogP contribution in [0, 0.1) is 0 Å². The molecule has 0 aliphatic carbocycles. The number of pyridine rings is 1. The molecule has 0 saturated carbocycles. The van der Waals surface area contributed by atoms with Gasteiger partial charge in [-0.2, -0.15) is 13.2 Å². The summed E-state index contributed by atoms with van der Waals surface area (Å²) in [4.78, 5) is 9.20. The van der Waals surface area contributed by atoms with Crippen LogP contribution in [0.2, 0.25) is 0 Å². The molecule has 110 valence electrons. The van der Waals surface area contributed by atoms with Gasteiger partial charge in [-0.05, 0) is 17.9 Å². The van der Waals surface area contributed by atoms with Crippen LogP contribution in [-0.2, 0) is 6.18 Å². The van der Waals surface area contributed by atoms with E-state index in [4.69, 9.17) is 0 Å². The van der Waals surface area contributed by atoms with Crippen molar-refractivity contribution in [2.45, 2.75) is 18.0 Å². The maximum Gasteiger partial charge on any atom is 0.427 e. The Morgan fingerprint density at radius 3 is 2.81 bits per heavy atom. The van der Waals surface area contributed by atoms with Crippen molar-refractivity contribution < 1.29 is 13.2 Å². The first-order valence-electron chi connectivity index (χ1n) is 6.13. The zero-order valence-electron chi connectivity index (χ0n) is 10.9. The van der Waals surface area contributed by atoms with Gasteiger partial charge in [0, 0.05) is 23.5 Å². The van der Waals surface area contributed by atoms with Crippen LogP contribution in [0.5, 0.6) is 0 Å². The van der Waals surface area contributed by atoms with Crippen LogP contribution in [-0.4, -0.2) is 20.1 Å². The lowest BCUT2D eigenvalue weighted by Gasteiger charge is -2.03. The van der Waals surface area contributed by atoms with E-state index in [1.54, 1.807) is 24.2 Å². The van der Waals surface area contributed by atoms with Gasteiger partial charge in [-0.25, -0.2) is 4.98 Å². The minimum Gasteiger partial charge on any atom is -0.296 e. The fourth-order valence-corrected chi connectivity index (χ4v) is 3.51. The maximum atomic E-state index is 12.6. The molecule has 0 radical (unpaired) electrons. The Kier molecular flexibility index (Phi) is 3.66. The van der Waals surface area contributed by atoms with Crippen molar-refractivity contribution in [2.24, 2.45) is 0 Å². The van der Waals surface area contributed by atoms with Gasteiger partial charge >= 0.3 is 6.18 Å². The van der Waals surface area contributed by atoms with Gasteiger partial charge in [-0.15, -0.1) is 11.8 Å². The molecule has 0 aromatic carbocycles. The zero-order valence-corrected chi connectivity index (χ0v) is 12.5. The Balaban J connectivity index is 2.04. The lowest BCUT2D eigenvalue weighted by Crippen LogP contribution is -2.01. The molecule has 8 heteroatoms. The Morgan fingerprint density at radius 2 is 2.14 bits per heavy atom. The van der Waals surface area contributed by atoms with E-state index >= 15 is 0 Å². The average Bonchev–Trinajstić information content (AvgIpc) is 2.97. The summed E-state index contributed by atoms with van der Waals surface area (Å²) >= 11 is 2.26. The second kappa shape index (κ2) is 5.34. The van der Waals surface area contributed by atoms with Gasteiger partial charge in [-0.3, -0.25) is 9.38 Å². The van der Waals surface area contributed by atoms with Crippen LogP contribution in [0.15, 0.2) is 35.6 Å². The van der Waals surface area contributed by atoms with Gasteiger partial charge in [0.1, 0.15) is 16.3 Å². The number of thioether (sulfide) groups is 1. The molecule has 0 spiro atoms. The number of rotatable bonds is 3. The molecule has 21 heavy (non-hydrogen) atoms. The molecule has 0 fully saturated rings. The molecule has 0 aliphatic rings. The molecular weight excluding hydrogens is 319 g/mol. The number of aromatic nitrogens is 3. The molecule has 3 aromatic rings. The topological polar surface area (TPSA) is 30.2 Å². The minimum absolute atomic E-state index is 0.315. The van der Waals surface area contributed by atoms with Gasteiger partial charge in [0.25, 0.3) is 0 Å². The van der Waals surface area contributed by atoms with Crippen LogP contribution < -0.4 is 0 Å². The molecule has 0 saturated heterocycles. The van der Waals surface area contributed by atoms with E-state index in [1.807, 2.05) is 19.1 Å². The normalized spacial score (nSPS) is 12.2. The summed E-state index contributed by atoms with van der Waals surface area (Å²) in [6.45, 7) is 2.03. The highest BCUT2D eigenvalue weighted by Crippen LogP contribution is 2.36. The van der Waals surface area contributed by atoms with E-state index in [1.165, 1.54) is 4.40 Å². The van der Waals surface area contributed by atoms with E-state index in [0.29, 0.717) is 27.7 Å². The summed E-state index contributed by atoms with van der Waals surface area (Å²) < 4.78 is 39.3. The van der Waals surface area contributed by atoms with Crippen molar-refractivity contribution in [1.82, 2.24) is 14.4 Å². The summed E-state index contributed by atoms with van der Waals surface area (Å²) in [5, 5.41) is 0. The van der Waals surface area contributed by atoms with Crippen LogP contribution in [0.25, 0.3) is 16.3 Å². The molecule has 3 rings (SSSR count). The lowest BCUT2D eigenvalue weighted by atomic mass is 10.3. The highest BCUT2D eigenvalue weighted by Gasteiger charge is 2.33. The molecular formula is C13H10F3N3S2. The first-order valence-corrected chi connectivity index (χ1v) is 7.93. The lowest BCUT2D eigenvalue weighted by molar-refractivity contribution is -0.134. The van der Waals surface area contributed by atoms with Crippen LogP contribution in [0.4, 0.5) is 13.2 Å². The summed E-state index contributed by atoms with van der Waals surface area (Å²) in [6.07, 6.45) is -0.0292. The quantitative estimate of drug-likeness (QED) is 0.659. The smallest absolute Gasteiger partial charge is 0.296 e. The highest BCUT2D eigenvalue weighted by atomic mass is 32.2. The summed E-state index contributed by atoms with van der Waals surface area (Å²) in [6, 6.07) is 3.77. The van der Waals surface area contributed by atoms with Crippen molar-refractivity contribution in [3.05, 3.63) is 35.6 Å². The van der Waals surface area contributed by atoms with Crippen molar-refractivity contribution in [2.75, 3.05) is 5.75 Å². The summed E-state index contributed by atoms with van der Waals surface area (Å²) in [5.41, 5.74) is 1.29. The molecule has 0 bridgehead atoms. The number of thiazole rings is 1. The van der Waals surface area contributed by atoms with E-state index in [2.05, 4.69) is 9.97 Å². The van der Waals surface area contributed by atoms with Crippen LogP contribution >= 0.6 is 23.1 Å². The fourth-order valence-electron chi connectivity index (χ4n) is 1.90. The number of hydrogen-bond donors (Lipinski definition) is 0. The van der Waals surface area contributed by atoms with Gasteiger partial charge in [0.05, 0.1) is 0 Å². The van der Waals surface area contributed by atoms with E-state index in [9.17, 15) is 13.2 Å². The molecule has 0 unspecified atom stereocenters. The molecule has 0 amide bonds. The van der Waals surface area contributed by atoms with Crippen LogP contribution in [0.3, 0.4) is 0 Å². The predicted molar refractivity (Wildman–Crippen MR) is 77.7 cm³/mol. The average molecular weight is 329 g/mol. The van der Waals surface area contributed by atoms with Gasteiger partial charge in [0.2, 0.25) is 0 Å². The van der Waals surface area contributed by atoms with E-state index in [-0.39, 0.29) is 0 Å². The number of nitrogens with zero attached hydrogens (tertiary/aromatic N) is 3. The second-order valence-corrected chi connectivity index (χ2v) is 6.51. The third-order valence-electron chi connectivity index (χ3n) is 2.75. The Bertz CT molecular complexity index is 745. The molecule has 3 nitrogen and oxygen atoms in total. The van der Waals surface area contributed by atoms with Gasteiger partial charge < -0.3 is 0 Å². The van der Waals surface area contributed by atoms with Crippen molar-refractivity contribution in [1.29, 1.82) is 0 Å². The third kappa shape index (κ3) is 2.77.